The number of benzene rings is 3. The van der Waals surface area contributed by atoms with E-state index in [1.54, 1.807) is 12.1 Å². The molecule has 2 heterocycles. The van der Waals surface area contributed by atoms with Crippen LogP contribution in [0.15, 0.2) is 81.2 Å². The van der Waals surface area contributed by atoms with Gasteiger partial charge in [0.05, 0.1) is 21.8 Å². The maximum absolute atomic E-state index is 13.3. The minimum absolute atomic E-state index is 0.0478. The molecule has 1 aromatic heterocycles. The average molecular weight is 584 g/mol. The number of aromatic nitrogens is 1. The number of hydrogen-bond acceptors (Lipinski definition) is 5. The van der Waals surface area contributed by atoms with Gasteiger partial charge in [-0.25, -0.2) is 4.98 Å². The molecule has 4 aromatic rings. The number of aliphatic hydroxyl groups is 1. The molecule has 1 unspecified atom stereocenters. The zero-order valence-electron chi connectivity index (χ0n) is 17.3. The summed E-state index contributed by atoms with van der Waals surface area (Å²) < 4.78 is 2.63. The fourth-order valence-electron chi connectivity index (χ4n) is 3.85. The van der Waals surface area contributed by atoms with E-state index in [1.807, 2.05) is 61.5 Å². The van der Waals surface area contributed by atoms with E-state index in [1.165, 1.54) is 16.2 Å². The van der Waals surface area contributed by atoms with Crippen LogP contribution in [0.3, 0.4) is 0 Å². The average Bonchev–Trinajstić information content (AvgIpc) is 3.32. The molecular weight excluding hydrogens is 568 g/mol. The van der Waals surface area contributed by atoms with E-state index in [2.05, 4.69) is 36.8 Å². The van der Waals surface area contributed by atoms with Crippen molar-refractivity contribution in [1.29, 1.82) is 0 Å². The van der Waals surface area contributed by atoms with Crippen LogP contribution >= 0.6 is 43.2 Å². The molecule has 0 spiro atoms. The Kier molecular flexibility index (Phi) is 5.68. The normalized spacial score (nSPS) is 17.8. The molecule has 5 nitrogen and oxygen atoms in total. The zero-order valence-corrected chi connectivity index (χ0v) is 21.2. The van der Waals surface area contributed by atoms with E-state index in [0.717, 1.165) is 24.7 Å². The fraction of sp³-hybridized carbons (Fsp3) is 0.0800. The molecule has 0 radical (unpaired) electrons. The van der Waals surface area contributed by atoms with Gasteiger partial charge >= 0.3 is 5.91 Å². The number of fused-ring (bicyclic) bond motifs is 1. The lowest BCUT2D eigenvalue weighted by Crippen LogP contribution is -2.29. The number of aryl methyl sites for hydroxylation is 1. The van der Waals surface area contributed by atoms with Crippen LogP contribution in [-0.4, -0.2) is 21.8 Å². The predicted octanol–water partition coefficient (Wildman–Crippen LogP) is 6.76. The molecule has 1 saturated heterocycles. The van der Waals surface area contributed by atoms with Crippen molar-refractivity contribution >= 4 is 76.0 Å². The Morgan fingerprint density at radius 3 is 2.33 bits per heavy atom. The Bertz CT molecular complexity index is 1440. The number of thiazole rings is 1. The molecule has 164 valence electrons. The van der Waals surface area contributed by atoms with Crippen molar-refractivity contribution in [3.05, 3.63) is 97.9 Å². The maximum Gasteiger partial charge on any atom is 0.301 e. The SMILES string of the molecule is Cc1ccc(/C(O)=C2\C(=O)C(=O)N(c3nc4cc(Br)ccc4s3)C2c2ccc(Br)cc2)cc1. The first-order valence-corrected chi connectivity index (χ1v) is 12.4. The van der Waals surface area contributed by atoms with Crippen LogP contribution in [0.5, 0.6) is 0 Å². The molecule has 8 heteroatoms. The molecule has 1 amide bonds. The van der Waals surface area contributed by atoms with E-state index in [9.17, 15) is 14.7 Å². The summed E-state index contributed by atoms with van der Waals surface area (Å²) in [4.78, 5) is 32.6. The molecule has 3 aromatic carbocycles. The summed E-state index contributed by atoms with van der Waals surface area (Å²) in [6.45, 7) is 1.94. The molecule has 0 aliphatic carbocycles. The van der Waals surface area contributed by atoms with Gasteiger partial charge in [0.25, 0.3) is 5.78 Å². The summed E-state index contributed by atoms with van der Waals surface area (Å²) in [6.07, 6.45) is 0. The first-order chi connectivity index (χ1) is 15.8. The first-order valence-electron chi connectivity index (χ1n) is 10.0. The highest BCUT2D eigenvalue weighted by molar-refractivity contribution is 9.10. The third-order valence-corrected chi connectivity index (χ3v) is 7.56. The third kappa shape index (κ3) is 3.92. The summed E-state index contributed by atoms with van der Waals surface area (Å²) in [5, 5.41) is 11.6. The highest BCUT2D eigenvalue weighted by Gasteiger charge is 2.48. The van der Waals surface area contributed by atoms with Crippen molar-refractivity contribution in [2.24, 2.45) is 0 Å². The molecular formula is C25H16Br2N2O3S. The monoisotopic (exact) mass is 582 g/mol. The van der Waals surface area contributed by atoms with Crippen LogP contribution in [0.1, 0.15) is 22.7 Å². The highest BCUT2D eigenvalue weighted by atomic mass is 79.9. The Morgan fingerprint density at radius 2 is 1.64 bits per heavy atom. The number of amides is 1. The van der Waals surface area contributed by atoms with Gasteiger partial charge in [0.2, 0.25) is 0 Å². The van der Waals surface area contributed by atoms with Gasteiger partial charge in [-0.05, 0) is 42.8 Å². The van der Waals surface area contributed by atoms with Crippen LogP contribution in [0, 0.1) is 6.92 Å². The second kappa shape index (κ2) is 8.52. The van der Waals surface area contributed by atoms with Gasteiger partial charge in [-0.3, -0.25) is 14.5 Å². The van der Waals surface area contributed by atoms with Gasteiger partial charge < -0.3 is 5.11 Å². The van der Waals surface area contributed by atoms with E-state index in [0.29, 0.717) is 16.3 Å². The van der Waals surface area contributed by atoms with Crippen LogP contribution in [-0.2, 0) is 9.59 Å². The lowest BCUT2D eigenvalue weighted by Gasteiger charge is -2.23. The molecule has 1 N–H and O–H groups in total. The van der Waals surface area contributed by atoms with E-state index in [4.69, 9.17) is 0 Å². The first kappa shape index (κ1) is 22.0. The number of nitrogens with zero attached hydrogens (tertiary/aromatic N) is 2. The number of Topliss-reactive ketones (excluding diaryl/α,β-unsaturated/α-hetero) is 1. The van der Waals surface area contributed by atoms with Crippen LogP contribution in [0.2, 0.25) is 0 Å². The third-order valence-electron chi connectivity index (χ3n) is 5.50. The van der Waals surface area contributed by atoms with Gasteiger partial charge in [0.1, 0.15) is 5.76 Å². The number of rotatable bonds is 3. The maximum atomic E-state index is 13.3. The summed E-state index contributed by atoms with van der Waals surface area (Å²) >= 11 is 8.21. The second-order valence-electron chi connectivity index (χ2n) is 7.70. The van der Waals surface area contributed by atoms with Crippen molar-refractivity contribution in [2.75, 3.05) is 4.90 Å². The summed E-state index contributed by atoms with van der Waals surface area (Å²) in [7, 11) is 0. The highest BCUT2D eigenvalue weighted by Crippen LogP contribution is 2.44. The molecule has 0 saturated carbocycles. The number of aliphatic hydroxyl groups excluding tert-OH is 1. The molecule has 5 rings (SSSR count). The minimum atomic E-state index is -0.802. The lowest BCUT2D eigenvalue weighted by molar-refractivity contribution is -0.132. The van der Waals surface area contributed by atoms with Crippen LogP contribution in [0.25, 0.3) is 16.0 Å². The quantitative estimate of drug-likeness (QED) is 0.164. The van der Waals surface area contributed by atoms with E-state index < -0.39 is 17.7 Å². The van der Waals surface area contributed by atoms with E-state index >= 15 is 0 Å². The van der Waals surface area contributed by atoms with Crippen molar-refractivity contribution in [2.45, 2.75) is 13.0 Å². The van der Waals surface area contributed by atoms with Gasteiger partial charge in [-0.15, -0.1) is 0 Å². The Labute approximate surface area is 210 Å². The molecule has 33 heavy (non-hydrogen) atoms. The Morgan fingerprint density at radius 1 is 0.970 bits per heavy atom. The largest absolute Gasteiger partial charge is 0.507 e. The predicted molar refractivity (Wildman–Crippen MR) is 137 cm³/mol. The molecule has 0 bridgehead atoms. The molecule has 1 aliphatic heterocycles. The molecule has 1 atom stereocenters. The second-order valence-corrected chi connectivity index (χ2v) is 10.5. The number of carbonyl (C=O) groups excluding carboxylic acids is 2. The van der Waals surface area contributed by atoms with Crippen LogP contribution < -0.4 is 4.90 Å². The minimum Gasteiger partial charge on any atom is -0.507 e. The van der Waals surface area contributed by atoms with Crippen molar-refractivity contribution in [1.82, 2.24) is 4.98 Å². The number of halogens is 2. The summed E-state index contributed by atoms with van der Waals surface area (Å²) in [5.41, 5.74) is 2.98. The van der Waals surface area contributed by atoms with Crippen molar-refractivity contribution in [3.8, 4) is 0 Å². The number of carbonyl (C=O) groups is 2. The Balaban J connectivity index is 1.73. The topological polar surface area (TPSA) is 70.5 Å². The van der Waals surface area contributed by atoms with Gasteiger partial charge in [-0.1, -0.05) is 85.2 Å². The van der Waals surface area contributed by atoms with Crippen LogP contribution in [0.4, 0.5) is 5.13 Å². The number of ketones is 1. The zero-order chi connectivity index (χ0) is 23.3. The Hall–Kier alpha value is -2.81. The van der Waals surface area contributed by atoms with Gasteiger partial charge in [0, 0.05) is 14.5 Å². The summed E-state index contributed by atoms with van der Waals surface area (Å²) in [5.74, 6) is -1.65. The standard InChI is InChI=1S/C25H16Br2N2O3S/c1-13-2-4-15(5-3-13)22(30)20-21(14-6-8-16(26)9-7-14)29(24(32)23(20)31)25-28-18-12-17(27)10-11-19(18)33-25/h2-12,21,30H,1H3/b22-20+. The number of anilines is 1. The molecule has 1 aliphatic rings. The summed E-state index contributed by atoms with van der Waals surface area (Å²) in [6, 6.07) is 19.4. The smallest absolute Gasteiger partial charge is 0.301 e. The fourth-order valence-corrected chi connectivity index (χ4v) is 5.43. The lowest BCUT2D eigenvalue weighted by atomic mass is 9.95. The van der Waals surface area contributed by atoms with Crippen molar-refractivity contribution < 1.29 is 14.7 Å². The van der Waals surface area contributed by atoms with E-state index in [-0.39, 0.29) is 11.3 Å². The number of hydrogen-bond donors (Lipinski definition) is 1. The van der Waals surface area contributed by atoms with Gasteiger partial charge in [0.15, 0.2) is 5.13 Å². The van der Waals surface area contributed by atoms with Gasteiger partial charge in [-0.2, -0.15) is 0 Å². The van der Waals surface area contributed by atoms with Crippen molar-refractivity contribution in [3.63, 3.8) is 0 Å². The molecule has 1 fully saturated rings.